The fourth-order valence-electron chi connectivity index (χ4n) is 2.29. The Morgan fingerprint density at radius 3 is 2.71 bits per heavy atom. The van der Waals surface area contributed by atoms with Crippen LogP contribution in [0, 0.1) is 12.7 Å². The molecular formula is C17H23FN2S. The Labute approximate surface area is 130 Å². The summed E-state index contributed by atoms with van der Waals surface area (Å²) in [5.41, 5.74) is 7.72. The molecule has 0 bridgehead atoms. The van der Waals surface area contributed by atoms with Crippen LogP contribution in [0.4, 0.5) is 4.39 Å². The zero-order valence-electron chi connectivity index (χ0n) is 12.8. The van der Waals surface area contributed by atoms with E-state index in [4.69, 9.17) is 5.73 Å². The number of rotatable bonds is 6. The minimum absolute atomic E-state index is 0.127. The van der Waals surface area contributed by atoms with E-state index in [-0.39, 0.29) is 11.9 Å². The topological polar surface area (TPSA) is 29.3 Å². The van der Waals surface area contributed by atoms with Crippen molar-refractivity contribution in [3.8, 4) is 0 Å². The molecule has 1 aromatic heterocycles. The van der Waals surface area contributed by atoms with Gasteiger partial charge in [0.1, 0.15) is 5.82 Å². The van der Waals surface area contributed by atoms with Crippen LogP contribution in [0.15, 0.2) is 35.7 Å². The van der Waals surface area contributed by atoms with Gasteiger partial charge < -0.3 is 5.73 Å². The first-order chi connectivity index (χ1) is 9.99. The Morgan fingerprint density at radius 1 is 1.33 bits per heavy atom. The quantitative estimate of drug-likeness (QED) is 0.863. The highest BCUT2D eigenvalue weighted by atomic mass is 32.1. The van der Waals surface area contributed by atoms with E-state index in [2.05, 4.69) is 36.4 Å². The van der Waals surface area contributed by atoms with Gasteiger partial charge in [-0.2, -0.15) is 0 Å². The Balaban J connectivity index is 1.91. The van der Waals surface area contributed by atoms with Gasteiger partial charge in [0.05, 0.1) is 0 Å². The van der Waals surface area contributed by atoms with Gasteiger partial charge in [-0.25, -0.2) is 4.39 Å². The minimum atomic E-state index is -0.178. The van der Waals surface area contributed by atoms with Crippen LogP contribution < -0.4 is 5.73 Å². The molecule has 0 saturated carbocycles. The van der Waals surface area contributed by atoms with Crippen molar-refractivity contribution < 1.29 is 4.39 Å². The van der Waals surface area contributed by atoms with Crippen LogP contribution in [-0.4, -0.2) is 18.5 Å². The number of hydrogen-bond acceptors (Lipinski definition) is 3. The molecule has 2 nitrogen and oxygen atoms in total. The third kappa shape index (κ3) is 4.13. The van der Waals surface area contributed by atoms with Gasteiger partial charge in [-0.05, 0) is 56.0 Å². The van der Waals surface area contributed by atoms with Gasteiger partial charge in [0.2, 0.25) is 0 Å². The molecule has 0 fully saturated rings. The van der Waals surface area contributed by atoms with Gasteiger partial charge in [0.15, 0.2) is 0 Å². The lowest BCUT2D eigenvalue weighted by Crippen LogP contribution is -2.26. The van der Waals surface area contributed by atoms with Gasteiger partial charge in [0.25, 0.3) is 0 Å². The maximum Gasteiger partial charge on any atom is 0.126 e. The van der Waals surface area contributed by atoms with Gasteiger partial charge in [-0.1, -0.05) is 18.2 Å². The first-order valence-electron chi connectivity index (χ1n) is 7.24. The van der Waals surface area contributed by atoms with Crippen LogP contribution in [0.3, 0.4) is 0 Å². The molecule has 0 aliphatic rings. The molecule has 2 unspecified atom stereocenters. The van der Waals surface area contributed by atoms with Crippen LogP contribution >= 0.6 is 11.3 Å². The van der Waals surface area contributed by atoms with E-state index < -0.39 is 0 Å². The van der Waals surface area contributed by atoms with Crippen LogP contribution in [-0.2, 0) is 0 Å². The van der Waals surface area contributed by atoms with Crippen LogP contribution in [0.2, 0.25) is 0 Å². The van der Waals surface area contributed by atoms with Crippen molar-refractivity contribution in [3.05, 3.63) is 57.5 Å². The molecule has 0 saturated heterocycles. The number of halogens is 1. The van der Waals surface area contributed by atoms with Crippen molar-refractivity contribution in [3.63, 3.8) is 0 Å². The predicted molar refractivity (Wildman–Crippen MR) is 88.0 cm³/mol. The number of thiophene rings is 1. The molecule has 4 heteroatoms. The molecule has 21 heavy (non-hydrogen) atoms. The summed E-state index contributed by atoms with van der Waals surface area (Å²) in [6, 6.07) is 9.76. The van der Waals surface area contributed by atoms with Crippen LogP contribution in [0.1, 0.15) is 41.4 Å². The van der Waals surface area contributed by atoms with Crippen molar-refractivity contribution in [1.29, 1.82) is 0 Å². The number of nitrogens with zero attached hydrogens (tertiary/aromatic N) is 1. The SMILES string of the molecule is Cc1ccc(C(N)CCN(C)C(C)c2cccs2)cc1F. The average Bonchev–Trinajstić information content (AvgIpc) is 3.00. The maximum atomic E-state index is 13.6. The highest BCUT2D eigenvalue weighted by molar-refractivity contribution is 7.10. The van der Waals surface area contributed by atoms with E-state index >= 15 is 0 Å². The molecule has 2 rings (SSSR count). The second-order valence-corrected chi connectivity index (χ2v) is 6.56. The molecule has 2 aromatic rings. The lowest BCUT2D eigenvalue weighted by Gasteiger charge is -2.25. The summed E-state index contributed by atoms with van der Waals surface area (Å²) >= 11 is 1.77. The largest absolute Gasteiger partial charge is 0.324 e. The maximum absolute atomic E-state index is 13.6. The van der Waals surface area contributed by atoms with Crippen molar-refractivity contribution in [2.45, 2.75) is 32.4 Å². The third-order valence-corrected chi connectivity index (χ3v) is 5.08. The Hall–Kier alpha value is -1.23. The van der Waals surface area contributed by atoms with Gasteiger partial charge in [-0.15, -0.1) is 11.3 Å². The van der Waals surface area contributed by atoms with Gasteiger partial charge in [0, 0.05) is 23.5 Å². The van der Waals surface area contributed by atoms with Crippen molar-refractivity contribution in [2.75, 3.05) is 13.6 Å². The molecule has 2 N–H and O–H groups in total. The smallest absolute Gasteiger partial charge is 0.126 e. The monoisotopic (exact) mass is 306 g/mol. The summed E-state index contributed by atoms with van der Waals surface area (Å²) < 4.78 is 13.6. The zero-order chi connectivity index (χ0) is 15.4. The summed E-state index contributed by atoms with van der Waals surface area (Å²) in [6.45, 7) is 4.85. The van der Waals surface area contributed by atoms with Crippen LogP contribution in [0.25, 0.3) is 0 Å². The summed E-state index contributed by atoms with van der Waals surface area (Å²) in [5.74, 6) is -0.178. The summed E-state index contributed by atoms with van der Waals surface area (Å²) in [6.07, 6.45) is 0.814. The second-order valence-electron chi connectivity index (χ2n) is 5.58. The van der Waals surface area contributed by atoms with E-state index in [9.17, 15) is 4.39 Å². The van der Waals surface area contributed by atoms with Gasteiger partial charge in [-0.3, -0.25) is 4.90 Å². The molecule has 1 aromatic carbocycles. The molecule has 0 amide bonds. The molecule has 0 aliphatic carbocycles. The van der Waals surface area contributed by atoms with E-state index in [1.165, 1.54) is 4.88 Å². The molecule has 1 heterocycles. The minimum Gasteiger partial charge on any atom is -0.324 e. The highest BCUT2D eigenvalue weighted by Crippen LogP contribution is 2.25. The number of nitrogens with two attached hydrogens (primary N) is 1. The molecule has 114 valence electrons. The Kier molecular flexibility index (Phi) is 5.51. The van der Waals surface area contributed by atoms with Crippen molar-refractivity contribution in [1.82, 2.24) is 4.90 Å². The summed E-state index contributed by atoms with van der Waals surface area (Å²) in [5, 5.41) is 2.10. The number of hydrogen-bond donors (Lipinski definition) is 1. The summed E-state index contributed by atoms with van der Waals surface area (Å²) in [7, 11) is 2.10. The number of benzene rings is 1. The first-order valence-corrected chi connectivity index (χ1v) is 8.12. The molecule has 2 atom stereocenters. The second kappa shape index (κ2) is 7.16. The fourth-order valence-corrected chi connectivity index (χ4v) is 3.14. The van der Waals surface area contributed by atoms with Crippen molar-refractivity contribution >= 4 is 11.3 Å². The average molecular weight is 306 g/mol. The molecular weight excluding hydrogens is 283 g/mol. The molecule has 0 radical (unpaired) electrons. The lowest BCUT2D eigenvalue weighted by molar-refractivity contribution is 0.254. The van der Waals surface area contributed by atoms with Gasteiger partial charge >= 0.3 is 0 Å². The molecule has 0 aliphatic heterocycles. The summed E-state index contributed by atoms with van der Waals surface area (Å²) in [4.78, 5) is 3.64. The van der Waals surface area contributed by atoms with E-state index in [1.807, 2.05) is 6.07 Å². The van der Waals surface area contributed by atoms with E-state index in [0.29, 0.717) is 11.6 Å². The Morgan fingerprint density at radius 2 is 2.10 bits per heavy atom. The predicted octanol–water partition coefficient (Wildman–Crippen LogP) is 4.28. The van der Waals surface area contributed by atoms with E-state index in [0.717, 1.165) is 18.5 Å². The Bertz CT molecular complexity index is 568. The fraction of sp³-hybridized carbons (Fsp3) is 0.412. The highest BCUT2D eigenvalue weighted by Gasteiger charge is 2.15. The molecule has 0 spiro atoms. The number of aryl methyl sites for hydroxylation is 1. The van der Waals surface area contributed by atoms with Crippen LogP contribution in [0.5, 0.6) is 0 Å². The lowest BCUT2D eigenvalue weighted by atomic mass is 10.0. The standard InChI is InChI=1S/C17H23FN2S/c1-12-6-7-14(11-15(12)18)16(19)8-9-20(3)13(2)17-5-4-10-21-17/h4-7,10-11,13,16H,8-9,19H2,1-3H3. The zero-order valence-corrected chi connectivity index (χ0v) is 13.7. The van der Waals surface area contributed by atoms with Crippen molar-refractivity contribution in [2.24, 2.45) is 5.73 Å². The first kappa shape index (κ1) is 16.1. The normalized spacial score (nSPS) is 14.4. The van der Waals surface area contributed by atoms with E-state index in [1.54, 1.807) is 30.4 Å². The third-order valence-electron chi connectivity index (χ3n) is 4.03.